The SMILES string of the molecule is CN(C)C1(c2cc(S(=O)(=O)NC(=O)Nc3c4c(cc5c3CCC5)CCC4)nn2C)COC1.CN(C)C1(c2cc(S(N)(=O)=O)nn2C)COC1.N#COc1c2c(cc3c1CCC3)CCC2. The molecule has 344 valence electrons. The van der Waals surface area contributed by atoms with Gasteiger partial charge in [0.25, 0.3) is 26.3 Å². The number of amides is 2. The van der Waals surface area contributed by atoms with Gasteiger partial charge in [-0.25, -0.2) is 23.1 Å². The van der Waals surface area contributed by atoms with E-state index in [4.69, 9.17) is 24.6 Å². The quantitative estimate of drug-likeness (QED) is 0.206. The number of nitrogens with two attached hydrogens (primary N) is 1. The highest BCUT2D eigenvalue weighted by Gasteiger charge is 2.47. The second-order valence-electron chi connectivity index (χ2n) is 18.0. The van der Waals surface area contributed by atoms with Crippen molar-refractivity contribution >= 4 is 31.8 Å². The Kier molecular flexibility index (Phi) is 12.5. The van der Waals surface area contributed by atoms with Crippen molar-refractivity contribution in [2.45, 2.75) is 98.2 Å². The molecular formula is C44H58N10O8S2. The summed E-state index contributed by atoms with van der Waals surface area (Å²) in [6, 6.07) is 6.90. The van der Waals surface area contributed by atoms with E-state index in [1.54, 1.807) is 23.5 Å². The molecule has 10 rings (SSSR count). The number of likely N-dealkylation sites (N-methyl/N-ethyl adjacent to an activating group) is 2. The van der Waals surface area contributed by atoms with E-state index in [9.17, 15) is 21.6 Å². The highest BCUT2D eigenvalue weighted by atomic mass is 32.2. The molecule has 0 saturated carbocycles. The molecule has 2 fully saturated rings. The lowest BCUT2D eigenvalue weighted by Gasteiger charge is -2.46. The fourth-order valence-electron chi connectivity index (χ4n) is 10.1. The summed E-state index contributed by atoms with van der Waals surface area (Å²) in [4.78, 5) is 16.8. The number of primary sulfonamides is 1. The highest BCUT2D eigenvalue weighted by Crippen LogP contribution is 2.41. The third-order valence-corrected chi connectivity index (χ3v) is 15.8. The van der Waals surface area contributed by atoms with E-state index in [-0.39, 0.29) is 15.6 Å². The van der Waals surface area contributed by atoms with Gasteiger partial charge in [-0.3, -0.25) is 19.2 Å². The summed E-state index contributed by atoms with van der Waals surface area (Å²) in [5.74, 6) is 0.903. The molecule has 6 aliphatic rings. The number of carbonyl (C=O) groups excluding carboxylic acids is 1. The zero-order chi connectivity index (χ0) is 45.8. The molecule has 2 amide bonds. The molecule has 2 aromatic heterocycles. The molecular weight excluding hydrogens is 861 g/mol. The lowest BCUT2D eigenvalue weighted by Crippen LogP contribution is -2.57. The number of ether oxygens (including phenoxy) is 3. The van der Waals surface area contributed by atoms with Gasteiger partial charge in [-0.15, -0.1) is 5.26 Å². The number of carbonyl (C=O) groups is 1. The molecule has 4 aliphatic carbocycles. The number of hydrogen-bond donors (Lipinski definition) is 3. The number of nitriles is 1. The van der Waals surface area contributed by atoms with Crippen molar-refractivity contribution in [3.05, 3.63) is 80.2 Å². The van der Waals surface area contributed by atoms with Gasteiger partial charge in [0.2, 0.25) is 0 Å². The van der Waals surface area contributed by atoms with Crippen LogP contribution in [0.2, 0.25) is 0 Å². The van der Waals surface area contributed by atoms with Crippen LogP contribution in [0.25, 0.3) is 0 Å². The van der Waals surface area contributed by atoms with Gasteiger partial charge in [0.1, 0.15) is 16.8 Å². The summed E-state index contributed by atoms with van der Waals surface area (Å²) in [6.45, 7) is 1.95. The van der Waals surface area contributed by atoms with Gasteiger partial charge >= 0.3 is 6.03 Å². The minimum atomic E-state index is -4.13. The van der Waals surface area contributed by atoms with E-state index in [1.807, 2.05) is 44.2 Å². The topological polar surface area (TPSA) is 229 Å². The molecule has 0 bridgehead atoms. The molecule has 0 radical (unpaired) electrons. The predicted octanol–water partition coefficient (Wildman–Crippen LogP) is 3.07. The average Bonchev–Trinajstić information content (AvgIpc) is 4.04. The average molecular weight is 919 g/mol. The van der Waals surface area contributed by atoms with Crippen molar-refractivity contribution in [2.24, 2.45) is 19.2 Å². The molecule has 18 nitrogen and oxygen atoms in total. The number of aryl methyl sites for hydroxylation is 6. The number of aromatic nitrogens is 4. The second kappa shape index (κ2) is 17.5. The van der Waals surface area contributed by atoms with E-state index in [2.05, 4.69) is 32.4 Å². The Morgan fingerprint density at radius 2 is 1.11 bits per heavy atom. The first-order chi connectivity index (χ1) is 30.4. The summed E-state index contributed by atoms with van der Waals surface area (Å²) < 4.78 is 69.6. The Labute approximate surface area is 375 Å². The Bertz CT molecular complexity index is 2680. The Morgan fingerprint density at radius 3 is 1.48 bits per heavy atom. The summed E-state index contributed by atoms with van der Waals surface area (Å²) >= 11 is 0. The maximum atomic E-state index is 13.0. The highest BCUT2D eigenvalue weighted by molar-refractivity contribution is 7.90. The van der Waals surface area contributed by atoms with Crippen LogP contribution in [-0.4, -0.2) is 107 Å². The molecule has 64 heavy (non-hydrogen) atoms. The van der Waals surface area contributed by atoms with Crippen molar-refractivity contribution in [3.8, 4) is 12.0 Å². The second-order valence-corrected chi connectivity index (χ2v) is 21.2. The first-order valence-corrected chi connectivity index (χ1v) is 24.8. The fraction of sp³-hybridized carbons (Fsp3) is 0.545. The molecule has 0 unspecified atom stereocenters. The Balaban J connectivity index is 0.000000146. The molecule has 2 saturated heterocycles. The van der Waals surface area contributed by atoms with E-state index in [1.165, 1.54) is 58.4 Å². The summed E-state index contributed by atoms with van der Waals surface area (Å²) in [5.41, 5.74) is 11.9. The number of sulfonamides is 2. The normalized spacial score (nSPS) is 18.6. The van der Waals surface area contributed by atoms with Crippen LogP contribution in [0.15, 0.2) is 34.3 Å². The Morgan fingerprint density at radius 1 is 0.703 bits per heavy atom. The fourth-order valence-corrected chi connectivity index (χ4v) is 11.5. The molecule has 2 aliphatic heterocycles. The van der Waals surface area contributed by atoms with Crippen LogP contribution in [0.3, 0.4) is 0 Å². The number of nitrogens with one attached hydrogen (secondary N) is 2. The Hall–Kier alpha value is -4.88. The maximum absolute atomic E-state index is 13.0. The predicted molar refractivity (Wildman–Crippen MR) is 237 cm³/mol. The number of nitrogens with zero attached hydrogens (tertiary/aromatic N) is 7. The van der Waals surface area contributed by atoms with Gasteiger partial charge in [0, 0.05) is 31.9 Å². The number of hydrogen-bond acceptors (Lipinski definition) is 13. The minimum Gasteiger partial charge on any atom is -0.387 e. The largest absolute Gasteiger partial charge is 0.387 e. The van der Waals surface area contributed by atoms with E-state index in [0.29, 0.717) is 26.4 Å². The summed E-state index contributed by atoms with van der Waals surface area (Å²) in [7, 11) is 3.20. The van der Waals surface area contributed by atoms with Crippen LogP contribution in [-0.2, 0) is 106 Å². The van der Waals surface area contributed by atoms with Gasteiger partial charge < -0.3 is 19.5 Å². The standard InChI is InChI=1S/C22H29N5O4S.C13H13NO.C9H16N4O3S/c1-26(2)22(12-31-13-22)18-11-19(24-27(18)3)32(29,30)25-21(28)23-20-16-8-4-6-14(16)10-15-7-5-9-17(15)20;14-8-15-13-11-5-1-3-9(11)7-10-4-2-6-12(10)13;1-12(2)9(5-16-6-9)7-4-8(11-13(7)3)17(10,14)15/h10-11H,4-9,12-13H2,1-3H3,(H2,23,25,28);7H,1-6H2;4H,5-6H2,1-3H3,(H2,10,14,15). The lowest BCUT2D eigenvalue weighted by molar-refractivity contribution is -0.134. The van der Waals surface area contributed by atoms with Gasteiger partial charge in [-0.2, -0.15) is 18.6 Å². The van der Waals surface area contributed by atoms with Crippen molar-refractivity contribution in [2.75, 3.05) is 59.9 Å². The molecule has 20 heteroatoms. The third kappa shape index (κ3) is 8.31. The number of urea groups is 1. The first-order valence-electron chi connectivity index (χ1n) is 21.7. The van der Waals surface area contributed by atoms with Crippen molar-refractivity contribution in [1.29, 1.82) is 5.26 Å². The van der Waals surface area contributed by atoms with Crippen molar-refractivity contribution in [3.63, 3.8) is 0 Å². The van der Waals surface area contributed by atoms with E-state index >= 15 is 0 Å². The van der Waals surface area contributed by atoms with Crippen molar-refractivity contribution < 1.29 is 35.8 Å². The first kappa shape index (κ1) is 45.7. The zero-order valence-electron chi connectivity index (χ0n) is 37.4. The number of anilines is 1. The number of rotatable bonds is 9. The van der Waals surface area contributed by atoms with Gasteiger partial charge in [-0.1, -0.05) is 12.1 Å². The van der Waals surface area contributed by atoms with Crippen LogP contribution in [0.1, 0.15) is 81.6 Å². The van der Waals surface area contributed by atoms with Crippen molar-refractivity contribution in [1.82, 2.24) is 34.1 Å². The molecule has 4 aromatic rings. The molecule has 2 aromatic carbocycles. The lowest BCUT2D eigenvalue weighted by atomic mass is 9.91. The van der Waals surface area contributed by atoms with Gasteiger partial charge in [0.05, 0.1) is 37.8 Å². The summed E-state index contributed by atoms with van der Waals surface area (Å²) in [5, 5.41) is 24.5. The van der Waals surface area contributed by atoms with E-state index in [0.717, 1.165) is 98.2 Å². The van der Waals surface area contributed by atoms with Crippen LogP contribution < -0.4 is 19.9 Å². The molecule has 0 atom stereocenters. The smallest absolute Gasteiger partial charge is 0.333 e. The third-order valence-electron chi connectivity index (χ3n) is 13.8. The minimum absolute atomic E-state index is 0.108. The van der Waals surface area contributed by atoms with Crippen LogP contribution in [0, 0.1) is 11.5 Å². The maximum Gasteiger partial charge on any atom is 0.333 e. The number of benzene rings is 2. The zero-order valence-corrected chi connectivity index (χ0v) is 39.0. The molecule has 4 heterocycles. The summed E-state index contributed by atoms with van der Waals surface area (Å²) in [6.07, 6.45) is 14.7. The monoisotopic (exact) mass is 918 g/mol. The van der Waals surface area contributed by atoms with Crippen LogP contribution in [0.4, 0.5) is 10.5 Å². The van der Waals surface area contributed by atoms with Crippen LogP contribution in [0.5, 0.6) is 5.75 Å². The number of fused-ring (bicyclic) bond motifs is 4. The molecule has 4 N–H and O–H groups in total. The van der Waals surface area contributed by atoms with E-state index < -0.39 is 31.6 Å². The van der Waals surface area contributed by atoms with Gasteiger partial charge in [-0.05, 0) is 150 Å². The van der Waals surface area contributed by atoms with Crippen LogP contribution >= 0.6 is 0 Å². The molecule has 0 spiro atoms. The van der Waals surface area contributed by atoms with Gasteiger partial charge in [0.15, 0.2) is 10.1 Å².